The van der Waals surface area contributed by atoms with E-state index in [2.05, 4.69) is 42.8 Å². The first-order valence-corrected chi connectivity index (χ1v) is 10.4. The molecule has 2 atom stereocenters. The Balaban J connectivity index is 1.83. The third kappa shape index (κ3) is 4.38. The molecule has 0 spiro atoms. The topological polar surface area (TPSA) is 48.8 Å². The molecule has 144 valence electrons. The van der Waals surface area contributed by atoms with E-state index in [0.717, 1.165) is 16.9 Å². The summed E-state index contributed by atoms with van der Waals surface area (Å²) in [4.78, 5) is 18.6. The van der Waals surface area contributed by atoms with Gasteiger partial charge in [0, 0.05) is 24.4 Å². The van der Waals surface area contributed by atoms with Gasteiger partial charge in [-0.25, -0.2) is 4.98 Å². The maximum absolute atomic E-state index is 12.3. The zero-order valence-electron chi connectivity index (χ0n) is 16.8. The number of carbonyl (C=O) groups is 1. The Kier molecular flexibility index (Phi) is 5.95. The third-order valence-corrected chi connectivity index (χ3v) is 6.08. The number of hydrogen-bond donors (Lipinski definition) is 0. The van der Waals surface area contributed by atoms with Crippen LogP contribution >= 0.6 is 11.3 Å². The molecule has 0 N–H and O–H groups in total. The van der Waals surface area contributed by atoms with Crippen molar-refractivity contribution in [3.63, 3.8) is 0 Å². The average Bonchev–Trinajstić information content (AvgIpc) is 3.06. The molecular formula is C21H28N4OS. The lowest BCUT2D eigenvalue weighted by Gasteiger charge is -2.36. The predicted octanol–water partition coefficient (Wildman–Crippen LogP) is 5.04. The van der Waals surface area contributed by atoms with Crippen LogP contribution < -0.4 is 4.90 Å². The summed E-state index contributed by atoms with van der Waals surface area (Å²) in [6.07, 6.45) is 5.43. The zero-order chi connectivity index (χ0) is 19.6. The van der Waals surface area contributed by atoms with Crippen molar-refractivity contribution in [1.82, 2.24) is 9.99 Å². The highest BCUT2D eigenvalue weighted by Gasteiger charge is 2.23. The van der Waals surface area contributed by atoms with Crippen LogP contribution in [-0.2, 0) is 4.79 Å². The molecule has 5 nitrogen and oxygen atoms in total. The molecule has 1 aromatic heterocycles. The van der Waals surface area contributed by atoms with Gasteiger partial charge >= 0.3 is 0 Å². The fourth-order valence-electron chi connectivity index (χ4n) is 3.49. The van der Waals surface area contributed by atoms with Crippen molar-refractivity contribution in [3.8, 4) is 0 Å². The molecule has 6 heteroatoms. The Hall–Kier alpha value is -2.21. The number of carbonyl (C=O) groups excluding carboxylic acids is 1. The van der Waals surface area contributed by atoms with Crippen molar-refractivity contribution >= 4 is 34.3 Å². The molecule has 0 unspecified atom stereocenters. The van der Waals surface area contributed by atoms with Crippen LogP contribution in [0.2, 0.25) is 0 Å². The normalized spacial score (nSPS) is 20.3. The van der Waals surface area contributed by atoms with Gasteiger partial charge in [-0.3, -0.25) is 14.7 Å². The number of rotatable bonds is 4. The standard InChI is InChI=1S/C21H28N4OS/c1-14-9-10-20(11-15(14)2)24(18(5)26)21-23-19(13-27-21)12-22-25-16(3)7-6-8-17(25)4/h9-13,16-17H,6-8H2,1-5H3/b22-12-/t16-,17-/m0/s1. The molecule has 1 aromatic carbocycles. The van der Waals surface area contributed by atoms with Gasteiger partial charge in [-0.05, 0) is 70.2 Å². The maximum Gasteiger partial charge on any atom is 0.230 e. The number of hydrogen-bond acceptors (Lipinski definition) is 5. The molecule has 2 heterocycles. The zero-order valence-corrected chi connectivity index (χ0v) is 17.6. The summed E-state index contributed by atoms with van der Waals surface area (Å²) in [5.74, 6) is -0.0469. The fourth-order valence-corrected chi connectivity index (χ4v) is 4.33. The maximum atomic E-state index is 12.3. The highest BCUT2D eigenvalue weighted by molar-refractivity contribution is 7.14. The van der Waals surface area contributed by atoms with Crippen molar-refractivity contribution in [2.24, 2.45) is 5.10 Å². The minimum atomic E-state index is -0.0469. The summed E-state index contributed by atoms with van der Waals surface area (Å²) in [7, 11) is 0. The molecular weight excluding hydrogens is 356 g/mol. The number of aromatic nitrogens is 1. The molecule has 27 heavy (non-hydrogen) atoms. The Bertz CT molecular complexity index is 834. The summed E-state index contributed by atoms with van der Waals surface area (Å²) in [5, 5.41) is 9.48. The Morgan fingerprint density at radius 3 is 2.59 bits per heavy atom. The average molecular weight is 385 g/mol. The molecule has 2 aromatic rings. The van der Waals surface area contributed by atoms with Crippen LogP contribution in [0.15, 0.2) is 28.7 Å². The van der Waals surface area contributed by atoms with Gasteiger partial charge in [0.2, 0.25) is 5.91 Å². The quantitative estimate of drug-likeness (QED) is 0.694. The number of anilines is 2. The van der Waals surface area contributed by atoms with E-state index in [9.17, 15) is 4.79 Å². The molecule has 1 saturated heterocycles. The Labute approximate surface area is 165 Å². The molecule has 1 aliphatic heterocycles. The highest BCUT2D eigenvalue weighted by atomic mass is 32.1. The van der Waals surface area contributed by atoms with Gasteiger partial charge in [0.15, 0.2) is 5.13 Å². The molecule has 0 saturated carbocycles. The largest absolute Gasteiger partial charge is 0.291 e. The molecule has 1 aliphatic rings. The second kappa shape index (κ2) is 8.21. The summed E-state index contributed by atoms with van der Waals surface area (Å²) in [6.45, 7) is 10.1. The number of amides is 1. The third-order valence-electron chi connectivity index (χ3n) is 5.24. The summed E-state index contributed by atoms with van der Waals surface area (Å²) in [6, 6.07) is 6.94. The van der Waals surface area contributed by atoms with Crippen LogP contribution in [0.1, 0.15) is 56.9 Å². The monoisotopic (exact) mass is 384 g/mol. The number of aryl methyl sites for hydroxylation is 2. The fraction of sp³-hybridized carbons (Fsp3) is 0.476. The number of hydrazone groups is 1. The van der Waals surface area contributed by atoms with E-state index >= 15 is 0 Å². The lowest BCUT2D eigenvalue weighted by molar-refractivity contribution is -0.115. The first-order valence-electron chi connectivity index (χ1n) is 9.52. The Morgan fingerprint density at radius 2 is 1.96 bits per heavy atom. The van der Waals surface area contributed by atoms with E-state index in [-0.39, 0.29) is 5.91 Å². The lowest BCUT2D eigenvalue weighted by Crippen LogP contribution is -2.39. The van der Waals surface area contributed by atoms with Gasteiger partial charge in [-0.2, -0.15) is 5.10 Å². The van der Waals surface area contributed by atoms with E-state index in [1.54, 1.807) is 11.8 Å². The van der Waals surface area contributed by atoms with Gasteiger partial charge < -0.3 is 0 Å². The van der Waals surface area contributed by atoms with Gasteiger partial charge in [-0.1, -0.05) is 6.07 Å². The molecule has 0 radical (unpaired) electrons. The number of piperidine rings is 1. The Morgan fingerprint density at radius 1 is 1.26 bits per heavy atom. The van der Waals surface area contributed by atoms with Crippen molar-refractivity contribution in [1.29, 1.82) is 0 Å². The van der Waals surface area contributed by atoms with Crippen molar-refractivity contribution in [3.05, 3.63) is 40.4 Å². The summed E-state index contributed by atoms with van der Waals surface area (Å²) < 4.78 is 0. The van der Waals surface area contributed by atoms with Gasteiger partial charge in [0.1, 0.15) is 0 Å². The smallest absolute Gasteiger partial charge is 0.230 e. The van der Waals surface area contributed by atoms with Crippen LogP contribution in [0.3, 0.4) is 0 Å². The van der Waals surface area contributed by atoms with Crippen molar-refractivity contribution in [2.75, 3.05) is 4.90 Å². The summed E-state index contributed by atoms with van der Waals surface area (Å²) >= 11 is 1.46. The highest BCUT2D eigenvalue weighted by Crippen LogP contribution is 2.30. The van der Waals surface area contributed by atoms with E-state index < -0.39 is 0 Å². The summed E-state index contributed by atoms with van der Waals surface area (Å²) in [5.41, 5.74) is 4.00. The molecule has 1 amide bonds. The van der Waals surface area contributed by atoms with Gasteiger partial charge in [0.05, 0.1) is 17.6 Å². The second-order valence-electron chi connectivity index (χ2n) is 7.43. The number of nitrogens with zero attached hydrogens (tertiary/aromatic N) is 4. The second-order valence-corrected chi connectivity index (χ2v) is 8.27. The predicted molar refractivity (Wildman–Crippen MR) is 113 cm³/mol. The minimum absolute atomic E-state index is 0.0469. The number of thiazole rings is 1. The van der Waals surface area contributed by atoms with Crippen LogP contribution in [0.4, 0.5) is 10.8 Å². The van der Waals surface area contributed by atoms with Crippen LogP contribution in [-0.4, -0.2) is 34.2 Å². The molecule has 0 aliphatic carbocycles. The minimum Gasteiger partial charge on any atom is -0.291 e. The van der Waals surface area contributed by atoms with Crippen LogP contribution in [0.5, 0.6) is 0 Å². The van der Waals surface area contributed by atoms with Gasteiger partial charge in [-0.15, -0.1) is 11.3 Å². The van der Waals surface area contributed by atoms with E-state index in [1.807, 2.05) is 29.8 Å². The first kappa shape index (κ1) is 19.5. The molecule has 3 rings (SSSR count). The van der Waals surface area contributed by atoms with E-state index in [4.69, 9.17) is 0 Å². The van der Waals surface area contributed by atoms with E-state index in [1.165, 1.54) is 36.2 Å². The molecule has 1 fully saturated rings. The number of benzene rings is 1. The van der Waals surface area contributed by atoms with Crippen LogP contribution in [0, 0.1) is 13.8 Å². The SMILES string of the molecule is CC(=O)N(c1ccc(C)c(C)c1)c1nc(/C=N\N2[C@@H](C)CCC[C@@H]2C)cs1. The first-order chi connectivity index (χ1) is 12.9. The van der Waals surface area contributed by atoms with E-state index in [0.29, 0.717) is 17.2 Å². The van der Waals surface area contributed by atoms with Crippen LogP contribution in [0.25, 0.3) is 0 Å². The van der Waals surface area contributed by atoms with Gasteiger partial charge in [0.25, 0.3) is 0 Å². The van der Waals surface area contributed by atoms with Crippen molar-refractivity contribution < 1.29 is 4.79 Å². The molecule has 0 bridgehead atoms. The van der Waals surface area contributed by atoms with Crippen molar-refractivity contribution in [2.45, 2.75) is 66.0 Å². The lowest BCUT2D eigenvalue weighted by atomic mass is 10.00.